The fourth-order valence-electron chi connectivity index (χ4n) is 3.24. The standard InChI is InChI=1S/C22H26N2O2/c1-14(2)17-6-9-20(10-7-17)24-13-18(12-21(24)25)22(26)23-19-8-5-15(3)16(4)11-19/h5-11,14,18H,12-13H2,1-4H3,(H,23,26)/t18-/m0/s1. The van der Waals surface area contributed by atoms with Crippen LogP contribution in [0.2, 0.25) is 0 Å². The van der Waals surface area contributed by atoms with Crippen molar-refractivity contribution in [3.8, 4) is 0 Å². The quantitative estimate of drug-likeness (QED) is 0.887. The van der Waals surface area contributed by atoms with E-state index >= 15 is 0 Å². The lowest BCUT2D eigenvalue weighted by Gasteiger charge is -2.18. The number of anilines is 2. The molecule has 1 aliphatic rings. The van der Waals surface area contributed by atoms with E-state index in [-0.39, 0.29) is 24.2 Å². The molecule has 3 rings (SSSR count). The second-order valence-corrected chi connectivity index (χ2v) is 7.44. The van der Waals surface area contributed by atoms with Gasteiger partial charge in [-0.3, -0.25) is 9.59 Å². The van der Waals surface area contributed by atoms with Gasteiger partial charge in [-0.2, -0.15) is 0 Å². The van der Waals surface area contributed by atoms with Crippen molar-refractivity contribution in [2.45, 2.75) is 40.0 Å². The van der Waals surface area contributed by atoms with Crippen molar-refractivity contribution in [2.24, 2.45) is 5.92 Å². The lowest BCUT2D eigenvalue weighted by molar-refractivity contribution is -0.122. The van der Waals surface area contributed by atoms with Gasteiger partial charge in [-0.1, -0.05) is 32.0 Å². The van der Waals surface area contributed by atoms with Crippen LogP contribution in [0.3, 0.4) is 0 Å². The van der Waals surface area contributed by atoms with Crippen LogP contribution in [0.25, 0.3) is 0 Å². The molecule has 136 valence electrons. The highest BCUT2D eigenvalue weighted by atomic mass is 16.2. The first-order chi connectivity index (χ1) is 12.3. The molecule has 1 atom stereocenters. The number of rotatable bonds is 4. The van der Waals surface area contributed by atoms with Crippen molar-refractivity contribution in [1.29, 1.82) is 0 Å². The number of carbonyl (C=O) groups excluding carboxylic acids is 2. The average molecular weight is 350 g/mol. The summed E-state index contributed by atoms with van der Waals surface area (Å²) in [7, 11) is 0. The molecule has 1 heterocycles. The van der Waals surface area contributed by atoms with Gasteiger partial charge in [0.25, 0.3) is 0 Å². The van der Waals surface area contributed by atoms with Crippen molar-refractivity contribution in [1.82, 2.24) is 0 Å². The Hall–Kier alpha value is -2.62. The zero-order chi connectivity index (χ0) is 18.8. The summed E-state index contributed by atoms with van der Waals surface area (Å²) >= 11 is 0. The fourth-order valence-corrected chi connectivity index (χ4v) is 3.24. The molecule has 0 bridgehead atoms. The number of amides is 2. The molecule has 2 aromatic carbocycles. The lowest BCUT2D eigenvalue weighted by Crippen LogP contribution is -2.28. The van der Waals surface area contributed by atoms with Gasteiger partial charge in [-0.25, -0.2) is 0 Å². The number of nitrogens with zero attached hydrogens (tertiary/aromatic N) is 1. The predicted octanol–water partition coefficient (Wildman–Crippen LogP) is 4.42. The van der Waals surface area contributed by atoms with E-state index in [0.717, 1.165) is 16.9 Å². The SMILES string of the molecule is Cc1ccc(NC(=O)[C@H]2CC(=O)N(c3ccc(C(C)C)cc3)C2)cc1C. The van der Waals surface area contributed by atoms with Crippen molar-refractivity contribution in [3.63, 3.8) is 0 Å². The normalized spacial score (nSPS) is 17.0. The molecule has 1 aliphatic heterocycles. The molecule has 0 saturated carbocycles. The molecule has 4 nitrogen and oxygen atoms in total. The minimum Gasteiger partial charge on any atom is -0.326 e. The van der Waals surface area contributed by atoms with E-state index in [4.69, 9.17) is 0 Å². The van der Waals surface area contributed by atoms with E-state index in [0.29, 0.717) is 12.5 Å². The van der Waals surface area contributed by atoms with Gasteiger partial charge in [0.05, 0.1) is 5.92 Å². The number of hydrogen-bond donors (Lipinski definition) is 1. The number of hydrogen-bond acceptors (Lipinski definition) is 2. The molecule has 1 N–H and O–H groups in total. The molecule has 1 fully saturated rings. The van der Waals surface area contributed by atoms with Gasteiger partial charge in [0.2, 0.25) is 11.8 Å². The summed E-state index contributed by atoms with van der Waals surface area (Å²) in [6, 6.07) is 13.9. The summed E-state index contributed by atoms with van der Waals surface area (Å²) < 4.78 is 0. The Kier molecular flexibility index (Phi) is 5.12. The van der Waals surface area contributed by atoms with Crippen LogP contribution in [0.1, 0.15) is 42.9 Å². The van der Waals surface area contributed by atoms with E-state index in [2.05, 4.69) is 31.3 Å². The number of aryl methyl sites for hydroxylation is 2. The van der Waals surface area contributed by atoms with Gasteiger partial charge in [-0.05, 0) is 60.7 Å². The molecule has 0 spiro atoms. The van der Waals surface area contributed by atoms with E-state index in [1.54, 1.807) is 4.90 Å². The van der Waals surface area contributed by atoms with Crippen molar-refractivity contribution >= 4 is 23.2 Å². The molecule has 0 unspecified atom stereocenters. The topological polar surface area (TPSA) is 49.4 Å². The molecular weight excluding hydrogens is 324 g/mol. The third-order valence-electron chi connectivity index (χ3n) is 5.14. The Morgan fingerprint density at radius 3 is 2.38 bits per heavy atom. The molecule has 26 heavy (non-hydrogen) atoms. The second kappa shape index (κ2) is 7.32. The minimum absolute atomic E-state index is 0.00235. The average Bonchev–Trinajstić information content (AvgIpc) is 3.00. The first kappa shape index (κ1) is 18.2. The van der Waals surface area contributed by atoms with Gasteiger partial charge >= 0.3 is 0 Å². The third-order valence-corrected chi connectivity index (χ3v) is 5.14. The second-order valence-electron chi connectivity index (χ2n) is 7.44. The van der Waals surface area contributed by atoms with Crippen molar-refractivity contribution < 1.29 is 9.59 Å². The van der Waals surface area contributed by atoms with E-state index in [1.807, 2.05) is 44.2 Å². The Morgan fingerprint density at radius 2 is 1.77 bits per heavy atom. The first-order valence-electron chi connectivity index (χ1n) is 9.13. The van der Waals surface area contributed by atoms with Crippen LogP contribution in [0, 0.1) is 19.8 Å². The first-order valence-corrected chi connectivity index (χ1v) is 9.13. The monoisotopic (exact) mass is 350 g/mol. The summed E-state index contributed by atoms with van der Waals surface area (Å²) in [5, 5.41) is 2.95. The molecule has 1 saturated heterocycles. The van der Waals surface area contributed by atoms with Gasteiger partial charge in [0.1, 0.15) is 0 Å². The van der Waals surface area contributed by atoms with Crippen LogP contribution < -0.4 is 10.2 Å². The van der Waals surface area contributed by atoms with Gasteiger partial charge in [-0.15, -0.1) is 0 Å². The number of benzene rings is 2. The van der Waals surface area contributed by atoms with Crippen LogP contribution in [-0.2, 0) is 9.59 Å². The highest BCUT2D eigenvalue weighted by Gasteiger charge is 2.35. The molecule has 0 aromatic heterocycles. The number of carbonyl (C=O) groups is 2. The Labute approximate surface area is 155 Å². The van der Waals surface area contributed by atoms with Gasteiger partial charge < -0.3 is 10.2 Å². The highest BCUT2D eigenvalue weighted by Crippen LogP contribution is 2.27. The predicted molar refractivity (Wildman–Crippen MR) is 106 cm³/mol. The maximum atomic E-state index is 12.6. The zero-order valence-electron chi connectivity index (χ0n) is 15.9. The summed E-state index contributed by atoms with van der Waals surface area (Å²) in [6.07, 6.45) is 0.253. The Balaban J connectivity index is 1.68. The largest absolute Gasteiger partial charge is 0.326 e. The zero-order valence-corrected chi connectivity index (χ0v) is 15.9. The maximum Gasteiger partial charge on any atom is 0.229 e. The van der Waals surface area contributed by atoms with Gasteiger partial charge in [0, 0.05) is 24.3 Å². The summed E-state index contributed by atoms with van der Waals surface area (Å²) in [6.45, 7) is 8.77. The highest BCUT2D eigenvalue weighted by molar-refractivity contribution is 6.03. The molecular formula is C22H26N2O2. The lowest BCUT2D eigenvalue weighted by atomic mass is 10.0. The van der Waals surface area contributed by atoms with E-state index in [9.17, 15) is 9.59 Å². The van der Waals surface area contributed by atoms with E-state index < -0.39 is 0 Å². The summed E-state index contributed by atoms with van der Waals surface area (Å²) in [5.74, 6) is 0.0362. The number of nitrogens with one attached hydrogen (secondary N) is 1. The third kappa shape index (κ3) is 3.79. The van der Waals surface area contributed by atoms with Crippen LogP contribution in [0.15, 0.2) is 42.5 Å². The van der Waals surface area contributed by atoms with Crippen LogP contribution in [0.5, 0.6) is 0 Å². The smallest absolute Gasteiger partial charge is 0.229 e. The molecule has 2 amide bonds. The van der Waals surface area contributed by atoms with E-state index in [1.165, 1.54) is 11.1 Å². The summed E-state index contributed by atoms with van der Waals surface area (Å²) in [4.78, 5) is 26.7. The molecule has 2 aromatic rings. The Morgan fingerprint density at radius 1 is 1.08 bits per heavy atom. The van der Waals surface area contributed by atoms with Crippen molar-refractivity contribution in [3.05, 3.63) is 59.2 Å². The van der Waals surface area contributed by atoms with Crippen molar-refractivity contribution in [2.75, 3.05) is 16.8 Å². The van der Waals surface area contributed by atoms with Crippen LogP contribution in [-0.4, -0.2) is 18.4 Å². The summed E-state index contributed by atoms with van der Waals surface area (Å²) in [5.41, 5.74) is 5.21. The van der Waals surface area contributed by atoms with Gasteiger partial charge in [0.15, 0.2) is 0 Å². The molecule has 0 aliphatic carbocycles. The Bertz CT molecular complexity index is 825. The maximum absolute atomic E-state index is 12.6. The molecule has 0 radical (unpaired) electrons. The molecule has 4 heteroatoms. The fraction of sp³-hybridized carbons (Fsp3) is 0.364. The minimum atomic E-state index is -0.325. The van der Waals surface area contributed by atoms with Crippen LogP contribution >= 0.6 is 0 Å². The van der Waals surface area contributed by atoms with Crippen LogP contribution in [0.4, 0.5) is 11.4 Å².